The van der Waals surface area contributed by atoms with E-state index in [9.17, 15) is 24.6 Å². The van der Waals surface area contributed by atoms with Crippen molar-refractivity contribution in [3.63, 3.8) is 0 Å². The standard InChI is InChI=1S/C24H39N3O6/c1-15-9-10-16(2)17(13-15)19(20(30)26-23(3,4)5)27(11-12-28)21(31)18(14-29)25-22(32)33-24(6,7)8/h9-10,13,18-19,28-29H,11-12,14H2,1-8H3,(H,25,32)(H,26,30). The quantitative estimate of drug-likeness (QED) is 0.465. The Morgan fingerprint density at radius 3 is 2.15 bits per heavy atom. The van der Waals surface area contributed by atoms with Crippen LogP contribution >= 0.6 is 0 Å². The lowest BCUT2D eigenvalue weighted by molar-refractivity contribution is -0.144. The number of amides is 3. The maximum absolute atomic E-state index is 13.5. The molecule has 9 nitrogen and oxygen atoms in total. The van der Waals surface area contributed by atoms with Gasteiger partial charge >= 0.3 is 6.09 Å². The minimum atomic E-state index is -1.36. The van der Waals surface area contributed by atoms with E-state index in [0.29, 0.717) is 5.56 Å². The summed E-state index contributed by atoms with van der Waals surface area (Å²) in [6, 6.07) is 3.12. The summed E-state index contributed by atoms with van der Waals surface area (Å²) in [6.45, 7) is 12.9. The van der Waals surface area contributed by atoms with E-state index in [4.69, 9.17) is 4.74 Å². The van der Waals surface area contributed by atoms with Crippen molar-refractivity contribution in [2.75, 3.05) is 19.8 Å². The summed E-state index contributed by atoms with van der Waals surface area (Å²) >= 11 is 0. The molecule has 2 unspecified atom stereocenters. The van der Waals surface area contributed by atoms with E-state index in [1.54, 1.807) is 20.8 Å². The second kappa shape index (κ2) is 11.5. The number of rotatable bonds is 8. The first kappa shape index (κ1) is 28.4. The third kappa shape index (κ3) is 9.01. The zero-order chi connectivity index (χ0) is 25.6. The van der Waals surface area contributed by atoms with E-state index in [-0.39, 0.29) is 6.54 Å². The third-order valence-electron chi connectivity index (χ3n) is 4.58. The average molecular weight is 466 g/mol. The molecule has 186 valence electrons. The summed E-state index contributed by atoms with van der Waals surface area (Å²) < 4.78 is 5.19. The van der Waals surface area contributed by atoms with E-state index in [0.717, 1.165) is 11.1 Å². The Bertz CT molecular complexity index is 842. The van der Waals surface area contributed by atoms with Gasteiger partial charge in [0.25, 0.3) is 0 Å². The number of nitrogens with zero attached hydrogens (tertiary/aromatic N) is 1. The highest BCUT2D eigenvalue weighted by Crippen LogP contribution is 2.27. The number of carbonyl (C=O) groups excluding carboxylic acids is 3. The Morgan fingerprint density at radius 2 is 1.67 bits per heavy atom. The Kier molecular flexibility index (Phi) is 9.87. The number of aliphatic hydroxyl groups excluding tert-OH is 2. The maximum Gasteiger partial charge on any atom is 0.408 e. The Balaban J connectivity index is 3.44. The first-order chi connectivity index (χ1) is 15.1. The van der Waals surface area contributed by atoms with Crippen LogP contribution in [0.1, 0.15) is 64.3 Å². The van der Waals surface area contributed by atoms with Gasteiger partial charge in [-0.2, -0.15) is 0 Å². The van der Waals surface area contributed by atoms with Crippen molar-refractivity contribution < 1.29 is 29.3 Å². The van der Waals surface area contributed by atoms with Crippen LogP contribution in [0.3, 0.4) is 0 Å². The van der Waals surface area contributed by atoms with Crippen molar-refractivity contribution in [1.29, 1.82) is 0 Å². The summed E-state index contributed by atoms with van der Waals surface area (Å²) in [5.41, 5.74) is 0.891. The van der Waals surface area contributed by atoms with E-state index in [1.807, 2.05) is 52.8 Å². The van der Waals surface area contributed by atoms with Gasteiger partial charge in [0.05, 0.1) is 13.2 Å². The number of aryl methyl sites for hydroxylation is 2. The summed E-state index contributed by atoms with van der Waals surface area (Å²) in [4.78, 5) is 40.3. The fourth-order valence-corrected chi connectivity index (χ4v) is 3.25. The minimum absolute atomic E-state index is 0.180. The first-order valence-corrected chi connectivity index (χ1v) is 11.0. The van der Waals surface area contributed by atoms with Gasteiger partial charge in [-0.05, 0) is 66.5 Å². The van der Waals surface area contributed by atoms with E-state index < -0.39 is 54.3 Å². The molecule has 0 saturated carbocycles. The van der Waals surface area contributed by atoms with Gasteiger partial charge in [0, 0.05) is 12.1 Å². The van der Waals surface area contributed by atoms with Crippen molar-refractivity contribution >= 4 is 17.9 Å². The van der Waals surface area contributed by atoms with Crippen LogP contribution in [0.4, 0.5) is 4.79 Å². The number of aliphatic hydroxyl groups is 2. The molecule has 0 radical (unpaired) electrons. The highest BCUT2D eigenvalue weighted by molar-refractivity contribution is 5.92. The second-order valence-corrected chi connectivity index (χ2v) is 10.1. The Morgan fingerprint density at radius 1 is 1.06 bits per heavy atom. The predicted octanol–water partition coefficient (Wildman–Crippen LogP) is 1.97. The predicted molar refractivity (Wildman–Crippen MR) is 126 cm³/mol. The van der Waals surface area contributed by atoms with Crippen molar-refractivity contribution in [2.45, 2.75) is 78.6 Å². The fraction of sp³-hybridized carbons (Fsp3) is 0.625. The number of carbonyl (C=O) groups is 3. The second-order valence-electron chi connectivity index (χ2n) is 10.1. The number of benzene rings is 1. The van der Waals surface area contributed by atoms with Crippen LogP contribution in [0.5, 0.6) is 0 Å². The van der Waals surface area contributed by atoms with Crippen LogP contribution in [-0.2, 0) is 14.3 Å². The van der Waals surface area contributed by atoms with Crippen LogP contribution in [0.25, 0.3) is 0 Å². The molecule has 0 aliphatic heterocycles. The molecule has 2 atom stereocenters. The maximum atomic E-state index is 13.5. The van der Waals surface area contributed by atoms with Crippen molar-refractivity contribution in [3.05, 3.63) is 34.9 Å². The molecule has 0 heterocycles. The highest BCUT2D eigenvalue weighted by atomic mass is 16.6. The van der Waals surface area contributed by atoms with Gasteiger partial charge in [0.1, 0.15) is 17.7 Å². The number of alkyl carbamates (subject to hydrolysis) is 1. The topological polar surface area (TPSA) is 128 Å². The monoisotopic (exact) mass is 465 g/mol. The summed E-state index contributed by atoms with van der Waals surface area (Å²) in [5.74, 6) is -1.15. The number of hydrogen-bond acceptors (Lipinski definition) is 6. The van der Waals surface area contributed by atoms with Gasteiger partial charge in [0.15, 0.2) is 0 Å². The molecule has 33 heavy (non-hydrogen) atoms. The molecule has 0 saturated heterocycles. The molecule has 0 aliphatic rings. The van der Waals surface area contributed by atoms with Crippen molar-refractivity contribution in [1.82, 2.24) is 15.5 Å². The van der Waals surface area contributed by atoms with Gasteiger partial charge in [-0.1, -0.05) is 23.8 Å². The SMILES string of the molecule is Cc1ccc(C)c(C(C(=O)NC(C)(C)C)N(CCO)C(=O)C(CO)NC(=O)OC(C)(C)C)c1. The number of hydrogen-bond donors (Lipinski definition) is 4. The highest BCUT2D eigenvalue weighted by Gasteiger charge is 2.37. The normalized spacial score (nSPS) is 13.6. The van der Waals surface area contributed by atoms with Gasteiger partial charge in [0.2, 0.25) is 11.8 Å². The number of nitrogens with one attached hydrogen (secondary N) is 2. The third-order valence-corrected chi connectivity index (χ3v) is 4.58. The smallest absolute Gasteiger partial charge is 0.408 e. The van der Waals surface area contributed by atoms with E-state index in [2.05, 4.69) is 10.6 Å². The largest absolute Gasteiger partial charge is 0.444 e. The molecule has 0 aromatic heterocycles. The van der Waals surface area contributed by atoms with Crippen molar-refractivity contribution in [3.8, 4) is 0 Å². The first-order valence-electron chi connectivity index (χ1n) is 11.0. The zero-order valence-corrected chi connectivity index (χ0v) is 21.0. The van der Waals surface area contributed by atoms with Gasteiger partial charge in [-0.25, -0.2) is 4.79 Å². The summed E-state index contributed by atoms with van der Waals surface area (Å²) in [7, 11) is 0. The molecule has 1 aromatic carbocycles. The Hall–Kier alpha value is -2.65. The van der Waals surface area contributed by atoms with Crippen LogP contribution in [0.15, 0.2) is 18.2 Å². The van der Waals surface area contributed by atoms with Crippen LogP contribution in [0, 0.1) is 13.8 Å². The van der Waals surface area contributed by atoms with Crippen LogP contribution < -0.4 is 10.6 Å². The molecular formula is C24H39N3O6. The minimum Gasteiger partial charge on any atom is -0.444 e. The van der Waals surface area contributed by atoms with Gasteiger partial charge in [-0.3, -0.25) is 9.59 Å². The lowest BCUT2D eigenvalue weighted by Crippen LogP contribution is -2.56. The molecule has 0 bridgehead atoms. The van der Waals surface area contributed by atoms with Crippen molar-refractivity contribution in [2.24, 2.45) is 0 Å². The van der Waals surface area contributed by atoms with Gasteiger partial charge in [-0.15, -0.1) is 0 Å². The van der Waals surface area contributed by atoms with E-state index >= 15 is 0 Å². The average Bonchev–Trinajstić information content (AvgIpc) is 2.65. The molecule has 4 N–H and O–H groups in total. The fourth-order valence-electron chi connectivity index (χ4n) is 3.25. The molecule has 9 heteroatoms. The molecular weight excluding hydrogens is 426 g/mol. The van der Waals surface area contributed by atoms with Crippen LogP contribution in [-0.4, -0.2) is 70.0 Å². The number of ether oxygens (including phenoxy) is 1. The molecule has 0 aliphatic carbocycles. The summed E-state index contributed by atoms with van der Waals surface area (Å²) in [6.07, 6.45) is -0.874. The lowest BCUT2D eigenvalue weighted by Gasteiger charge is -2.36. The Labute approximate surface area is 196 Å². The summed E-state index contributed by atoms with van der Waals surface area (Å²) in [5, 5.41) is 24.8. The molecule has 0 spiro atoms. The lowest BCUT2D eigenvalue weighted by atomic mass is 9.95. The molecule has 0 fully saturated rings. The molecule has 1 aromatic rings. The van der Waals surface area contributed by atoms with Crippen LogP contribution in [0.2, 0.25) is 0 Å². The molecule has 1 rings (SSSR count). The van der Waals surface area contributed by atoms with Gasteiger partial charge < -0.3 is 30.5 Å². The van der Waals surface area contributed by atoms with E-state index in [1.165, 1.54) is 4.90 Å². The zero-order valence-electron chi connectivity index (χ0n) is 21.0. The molecule has 3 amide bonds.